The van der Waals surface area contributed by atoms with Gasteiger partial charge in [-0.1, -0.05) is 12.1 Å². The van der Waals surface area contributed by atoms with Crippen LogP contribution in [0.2, 0.25) is 0 Å². The molecule has 1 unspecified atom stereocenters. The summed E-state index contributed by atoms with van der Waals surface area (Å²) in [5.74, 6) is 1.70. The molecule has 0 radical (unpaired) electrons. The van der Waals surface area contributed by atoms with Crippen LogP contribution in [0.4, 0.5) is 0 Å². The molecule has 2 aliphatic heterocycles. The lowest BCUT2D eigenvalue weighted by molar-refractivity contribution is 0.210. The van der Waals surface area contributed by atoms with Crippen LogP contribution in [0.5, 0.6) is 11.5 Å². The third kappa shape index (κ3) is 3.50. The molecule has 0 bridgehead atoms. The van der Waals surface area contributed by atoms with Crippen LogP contribution < -0.4 is 14.8 Å². The fourth-order valence-electron chi connectivity index (χ4n) is 3.49. The molecule has 1 aromatic carbocycles. The van der Waals surface area contributed by atoms with Crippen molar-refractivity contribution in [1.29, 1.82) is 0 Å². The monoisotopic (exact) mass is 290 g/mol. The molecule has 1 N–H and O–H groups in total. The number of benzene rings is 1. The average molecular weight is 290 g/mol. The third-order valence-corrected chi connectivity index (χ3v) is 4.66. The molecule has 2 aliphatic rings. The van der Waals surface area contributed by atoms with Crippen molar-refractivity contribution >= 4 is 0 Å². The first-order chi connectivity index (χ1) is 10.3. The molecule has 0 amide bonds. The Morgan fingerprint density at radius 3 is 2.71 bits per heavy atom. The predicted molar refractivity (Wildman–Crippen MR) is 84.1 cm³/mol. The van der Waals surface area contributed by atoms with Gasteiger partial charge in [-0.25, -0.2) is 0 Å². The Kier molecular flexibility index (Phi) is 4.66. The van der Waals surface area contributed by atoms with E-state index in [-0.39, 0.29) is 0 Å². The summed E-state index contributed by atoms with van der Waals surface area (Å²) in [7, 11) is 0. The van der Waals surface area contributed by atoms with Crippen LogP contribution in [-0.2, 0) is 0 Å². The van der Waals surface area contributed by atoms with Gasteiger partial charge in [0.05, 0.1) is 6.61 Å². The molecule has 116 valence electrons. The van der Waals surface area contributed by atoms with E-state index in [1.807, 2.05) is 31.2 Å². The molecule has 0 saturated carbocycles. The SMILES string of the molecule is CCOc1ccccc1OCCN1CCC2(CCNC2)C1. The van der Waals surface area contributed by atoms with Gasteiger partial charge in [-0.05, 0) is 50.4 Å². The molecule has 1 aromatic rings. The van der Waals surface area contributed by atoms with Crippen LogP contribution in [-0.4, -0.2) is 50.8 Å². The molecular weight excluding hydrogens is 264 g/mol. The van der Waals surface area contributed by atoms with Gasteiger partial charge in [-0.3, -0.25) is 4.90 Å². The van der Waals surface area contributed by atoms with Crippen molar-refractivity contribution in [3.05, 3.63) is 24.3 Å². The quantitative estimate of drug-likeness (QED) is 0.870. The van der Waals surface area contributed by atoms with Gasteiger partial charge in [0.15, 0.2) is 11.5 Å². The number of nitrogens with zero attached hydrogens (tertiary/aromatic N) is 1. The Balaban J connectivity index is 1.46. The van der Waals surface area contributed by atoms with Gasteiger partial charge in [0, 0.05) is 19.6 Å². The smallest absolute Gasteiger partial charge is 0.161 e. The van der Waals surface area contributed by atoms with E-state index in [1.54, 1.807) is 0 Å². The second-order valence-electron chi connectivity index (χ2n) is 6.18. The second-order valence-corrected chi connectivity index (χ2v) is 6.18. The lowest BCUT2D eigenvalue weighted by atomic mass is 9.87. The number of para-hydroxylation sites is 2. The summed E-state index contributed by atoms with van der Waals surface area (Å²) in [6.07, 6.45) is 2.66. The van der Waals surface area contributed by atoms with Crippen LogP contribution in [0.15, 0.2) is 24.3 Å². The molecule has 0 aliphatic carbocycles. The molecule has 4 heteroatoms. The Morgan fingerprint density at radius 2 is 2.00 bits per heavy atom. The van der Waals surface area contributed by atoms with Crippen LogP contribution in [0, 0.1) is 5.41 Å². The van der Waals surface area contributed by atoms with E-state index >= 15 is 0 Å². The molecule has 3 rings (SSSR count). The minimum atomic E-state index is 0.545. The fraction of sp³-hybridized carbons (Fsp3) is 0.647. The van der Waals surface area contributed by atoms with Crippen molar-refractivity contribution in [1.82, 2.24) is 10.2 Å². The lowest BCUT2D eigenvalue weighted by Gasteiger charge is -2.23. The van der Waals surface area contributed by atoms with E-state index in [1.165, 1.54) is 39.0 Å². The maximum atomic E-state index is 5.92. The lowest BCUT2D eigenvalue weighted by Crippen LogP contribution is -2.31. The second kappa shape index (κ2) is 6.67. The standard InChI is InChI=1S/C17H26N2O2/c1-2-20-15-5-3-4-6-16(15)21-12-11-19-10-8-17(14-19)7-9-18-13-17/h3-6,18H,2,7-14H2,1H3. The van der Waals surface area contributed by atoms with E-state index < -0.39 is 0 Å². The minimum absolute atomic E-state index is 0.545. The van der Waals surface area contributed by atoms with Crippen molar-refractivity contribution in [3.63, 3.8) is 0 Å². The zero-order valence-corrected chi connectivity index (χ0v) is 12.9. The highest BCUT2D eigenvalue weighted by molar-refractivity contribution is 5.39. The van der Waals surface area contributed by atoms with Gasteiger partial charge in [0.25, 0.3) is 0 Å². The number of rotatable bonds is 6. The summed E-state index contributed by atoms with van der Waals surface area (Å²) < 4.78 is 11.5. The summed E-state index contributed by atoms with van der Waals surface area (Å²) >= 11 is 0. The zero-order valence-electron chi connectivity index (χ0n) is 12.9. The van der Waals surface area contributed by atoms with E-state index in [4.69, 9.17) is 9.47 Å². The summed E-state index contributed by atoms with van der Waals surface area (Å²) in [5.41, 5.74) is 0.545. The molecule has 1 spiro atoms. The number of hydrogen-bond acceptors (Lipinski definition) is 4. The van der Waals surface area contributed by atoms with E-state index in [9.17, 15) is 0 Å². The van der Waals surface area contributed by atoms with Crippen molar-refractivity contribution in [2.45, 2.75) is 19.8 Å². The first kappa shape index (κ1) is 14.7. The van der Waals surface area contributed by atoms with Crippen LogP contribution >= 0.6 is 0 Å². The molecule has 2 fully saturated rings. The number of hydrogen-bond donors (Lipinski definition) is 1. The van der Waals surface area contributed by atoms with Gasteiger partial charge in [-0.15, -0.1) is 0 Å². The van der Waals surface area contributed by atoms with E-state index in [0.717, 1.165) is 24.7 Å². The average Bonchev–Trinajstić information content (AvgIpc) is 3.12. The summed E-state index contributed by atoms with van der Waals surface area (Å²) in [6, 6.07) is 7.92. The highest BCUT2D eigenvalue weighted by Gasteiger charge is 2.39. The zero-order chi connectivity index (χ0) is 14.5. The van der Waals surface area contributed by atoms with Gasteiger partial charge >= 0.3 is 0 Å². The molecule has 1 atom stereocenters. The normalized spacial score (nSPS) is 25.6. The largest absolute Gasteiger partial charge is 0.490 e. The maximum absolute atomic E-state index is 5.92. The van der Waals surface area contributed by atoms with Crippen molar-refractivity contribution < 1.29 is 9.47 Å². The Hall–Kier alpha value is -1.26. The fourth-order valence-corrected chi connectivity index (χ4v) is 3.49. The van der Waals surface area contributed by atoms with Crippen molar-refractivity contribution in [2.75, 3.05) is 45.9 Å². The highest BCUT2D eigenvalue weighted by atomic mass is 16.5. The van der Waals surface area contributed by atoms with E-state index in [0.29, 0.717) is 12.0 Å². The maximum Gasteiger partial charge on any atom is 0.161 e. The summed E-state index contributed by atoms with van der Waals surface area (Å²) in [4.78, 5) is 2.54. The molecule has 21 heavy (non-hydrogen) atoms. The minimum Gasteiger partial charge on any atom is -0.490 e. The Labute approximate surface area is 127 Å². The Morgan fingerprint density at radius 1 is 1.19 bits per heavy atom. The first-order valence-corrected chi connectivity index (χ1v) is 8.09. The molecule has 2 saturated heterocycles. The molecule has 0 aromatic heterocycles. The molecule has 4 nitrogen and oxygen atoms in total. The van der Waals surface area contributed by atoms with Crippen LogP contribution in [0.3, 0.4) is 0 Å². The third-order valence-electron chi connectivity index (χ3n) is 4.66. The summed E-state index contributed by atoms with van der Waals surface area (Å²) in [5, 5.41) is 3.50. The highest BCUT2D eigenvalue weighted by Crippen LogP contribution is 2.35. The topological polar surface area (TPSA) is 33.7 Å². The van der Waals surface area contributed by atoms with Crippen molar-refractivity contribution in [2.24, 2.45) is 5.41 Å². The first-order valence-electron chi connectivity index (χ1n) is 8.09. The van der Waals surface area contributed by atoms with Crippen molar-refractivity contribution in [3.8, 4) is 11.5 Å². The van der Waals surface area contributed by atoms with Gasteiger partial charge < -0.3 is 14.8 Å². The van der Waals surface area contributed by atoms with Crippen LogP contribution in [0.1, 0.15) is 19.8 Å². The number of ether oxygens (including phenoxy) is 2. The van der Waals surface area contributed by atoms with Gasteiger partial charge in [0.2, 0.25) is 0 Å². The Bertz CT molecular complexity index is 458. The van der Waals surface area contributed by atoms with Gasteiger partial charge in [-0.2, -0.15) is 0 Å². The van der Waals surface area contributed by atoms with Gasteiger partial charge in [0.1, 0.15) is 6.61 Å². The number of likely N-dealkylation sites (tertiary alicyclic amines) is 1. The number of nitrogens with one attached hydrogen (secondary N) is 1. The van der Waals surface area contributed by atoms with Crippen LogP contribution in [0.25, 0.3) is 0 Å². The molecule has 2 heterocycles. The predicted octanol–water partition coefficient (Wildman–Crippen LogP) is 2.15. The van der Waals surface area contributed by atoms with E-state index in [2.05, 4.69) is 10.2 Å². The summed E-state index contributed by atoms with van der Waals surface area (Å²) in [6.45, 7) is 9.20. The molecular formula is C17H26N2O2.